The number of nitrogens with two attached hydrogens (primary N) is 1. The summed E-state index contributed by atoms with van der Waals surface area (Å²) in [7, 11) is 0. The highest BCUT2D eigenvalue weighted by Crippen LogP contribution is 2.11. The maximum absolute atomic E-state index is 11.2. The molecule has 0 saturated heterocycles. The molecular weight excluding hydrogens is 238 g/mol. The quantitative estimate of drug-likeness (QED) is 0.304. The molecule has 0 aliphatic rings. The van der Waals surface area contributed by atoms with E-state index >= 15 is 0 Å². The van der Waals surface area contributed by atoms with Crippen LogP contribution >= 0.6 is 0 Å². The van der Waals surface area contributed by atoms with Crippen molar-refractivity contribution in [1.29, 1.82) is 0 Å². The lowest BCUT2D eigenvalue weighted by Gasteiger charge is -2.12. The van der Waals surface area contributed by atoms with Gasteiger partial charge in [-0.15, -0.1) is 0 Å². The maximum Gasteiger partial charge on any atom is 0.307 e. The molecule has 0 amide bonds. The molecule has 3 nitrogen and oxygen atoms in total. The maximum atomic E-state index is 11.2. The predicted octanol–water partition coefficient (Wildman–Crippen LogP) is 4.54. The molecule has 0 aromatic heterocycles. The van der Waals surface area contributed by atoms with E-state index in [1.165, 1.54) is 51.4 Å². The predicted molar refractivity (Wildman–Crippen MR) is 80.8 cm³/mol. The summed E-state index contributed by atoms with van der Waals surface area (Å²) in [4.78, 5) is 11.2. The Morgan fingerprint density at radius 3 is 1.95 bits per heavy atom. The minimum absolute atomic E-state index is 0.161. The molecule has 0 bridgehead atoms. The van der Waals surface area contributed by atoms with E-state index in [2.05, 4.69) is 6.92 Å². The van der Waals surface area contributed by atoms with Gasteiger partial charge in [0.1, 0.15) is 0 Å². The molecule has 0 saturated carbocycles. The van der Waals surface area contributed by atoms with Gasteiger partial charge in [0, 0.05) is 6.42 Å². The average Bonchev–Trinajstić information content (AvgIpc) is 2.37. The van der Waals surface area contributed by atoms with Gasteiger partial charge in [-0.25, -0.2) is 0 Å². The van der Waals surface area contributed by atoms with Gasteiger partial charge in [-0.1, -0.05) is 65.2 Å². The summed E-state index contributed by atoms with van der Waals surface area (Å²) in [5.74, 6) is -0.161. The smallest absolute Gasteiger partial charge is 0.307 e. The summed E-state index contributed by atoms with van der Waals surface area (Å²) in [5.41, 5.74) is 5.76. The van der Waals surface area contributed by atoms with E-state index in [1.807, 2.05) is 6.92 Å². The van der Waals surface area contributed by atoms with Crippen molar-refractivity contribution in [3.05, 3.63) is 0 Å². The number of unbranched alkanes of at least 4 members (excludes halogenated alkanes) is 8. The molecule has 1 unspecified atom stereocenters. The summed E-state index contributed by atoms with van der Waals surface area (Å²) in [6, 6.07) is 0. The molecule has 0 aliphatic heterocycles. The van der Waals surface area contributed by atoms with Crippen LogP contribution in [0, 0.1) is 0 Å². The second-order valence-corrected chi connectivity index (χ2v) is 5.40. The summed E-state index contributed by atoms with van der Waals surface area (Å²) in [5, 5.41) is 0. The van der Waals surface area contributed by atoms with Crippen molar-refractivity contribution in [2.75, 3.05) is 0 Å². The lowest BCUT2D eigenvalue weighted by atomic mass is 10.1. The zero-order chi connectivity index (χ0) is 14.3. The molecule has 3 heteroatoms. The Bertz CT molecular complexity index is 207. The molecule has 114 valence electrons. The molecule has 2 N–H and O–H groups in total. The van der Waals surface area contributed by atoms with Gasteiger partial charge in [-0.05, 0) is 19.3 Å². The fraction of sp³-hybridized carbons (Fsp3) is 0.938. The normalized spacial score (nSPS) is 12.4. The van der Waals surface area contributed by atoms with Crippen molar-refractivity contribution >= 4 is 5.97 Å². The van der Waals surface area contributed by atoms with E-state index in [4.69, 9.17) is 10.5 Å². The second-order valence-electron chi connectivity index (χ2n) is 5.40. The van der Waals surface area contributed by atoms with Crippen LogP contribution in [0.1, 0.15) is 90.9 Å². The average molecular weight is 271 g/mol. The third-order valence-electron chi connectivity index (χ3n) is 3.33. The van der Waals surface area contributed by atoms with Gasteiger partial charge in [-0.2, -0.15) is 0 Å². The monoisotopic (exact) mass is 271 g/mol. The topological polar surface area (TPSA) is 52.3 Å². The van der Waals surface area contributed by atoms with Gasteiger partial charge >= 0.3 is 5.97 Å². The van der Waals surface area contributed by atoms with Crippen molar-refractivity contribution < 1.29 is 9.53 Å². The van der Waals surface area contributed by atoms with Crippen molar-refractivity contribution in [2.24, 2.45) is 5.73 Å². The van der Waals surface area contributed by atoms with E-state index in [9.17, 15) is 4.79 Å². The highest BCUT2D eigenvalue weighted by molar-refractivity contribution is 5.69. The van der Waals surface area contributed by atoms with Crippen LogP contribution in [0.3, 0.4) is 0 Å². The zero-order valence-electron chi connectivity index (χ0n) is 13.0. The number of hydrogen-bond acceptors (Lipinski definition) is 3. The van der Waals surface area contributed by atoms with Gasteiger partial charge in [0.05, 0.1) is 0 Å². The Hall–Kier alpha value is -0.570. The van der Waals surface area contributed by atoms with Crippen LogP contribution in [-0.4, -0.2) is 12.2 Å². The van der Waals surface area contributed by atoms with Crippen molar-refractivity contribution in [1.82, 2.24) is 0 Å². The van der Waals surface area contributed by atoms with Gasteiger partial charge in [0.2, 0.25) is 0 Å². The lowest BCUT2D eigenvalue weighted by Crippen LogP contribution is -2.26. The Balaban J connectivity index is 3.22. The third kappa shape index (κ3) is 13.7. The summed E-state index contributed by atoms with van der Waals surface area (Å²) in [6.45, 7) is 4.21. The molecule has 0 fully saturated rings. The number of esters is 1. The van der Waals surface area contributed by atoms with E-state index in [1.54, 1.807) is 0 Å². The number of hydrogen-bond donors (Lipinski definition) is 1. The fourth-order valence-corrected chi connectivity index (χ4v) is 2.15. The molecular formula is C16H33NO2. The SMILES string of the molecule is CCCCCCCCCCCC(N)OC(=O)CCC. The molecule has 0 aromatic carbocycles. The minimum Gasteiger partial charge on any atom is -0.447 e. The highest BCUT2D eigenvalue weighted by Gasteiger charge is 2.08. The standard InChI is InChI=1S/C16H33NO2/c1-3-5-6-7-8-9-10-11-12-14-15(17)19-16(18)13-4-2/h15H,3-14,17H2,1-2H3. The largest absolute Gasteiger partial charge is 0.447 e. The molecule has 0 aromatic rings. The molecule has 0 radical (unpaired) electrons. The summed E-state index contributed by atoms with van der Waals surface area (Å²) >= 11 is 0. The van der Waals surface area contributed by atoms with Gasteiger partial charge in [0.25, 0.3) is 0 Å². The molecule has 0 rings (SSSR count). The number of ether oxygens (including phenoxy) is 1. The van der Waals surface area contributed by atoms with Crippen LogP contribution in [0.15, 0.2) is 0 Å². The van der Waals surface area contributed by atoms with Crippen molar-refractivity contribution in [3.63, 3.8) is 0 Å². The van der Waals surface area contributed by atoms with Crippen molar-refractivity contribution in [3.8, 4) is 0 Å². The van der Waals surface area contributed by atoms with Crippen LogP contribution in [0.5, 0.6) is 0 Å². The Morgan fingerprint density at radius 2 is 1.42 bits per heavy atom. The molecule has 0 aliphatic carbocycles. The van der Waals surface area contributed by atoms with Crippen LogP contribution in [0.2, 0.25) is 0 Å². The van der Waals surface area contributed by atoms with E-state index in [-0.39, 0.29) is 5.97 Å². The van der Waals surface area contributed by atoms with Gasteiger partial charge in [-0.3, -0.25) is 10.5 Å². The Labute approximate surface area is 119 Å². The first-order valence-corrected chi connectivity index (χ1v) is 8.15. The summed E-state index contributed by atoms with van der Waals surface area (Å²) < 4.78 is 5.10. The van der Waals surface area contributed by atoms with Gasteiger partial charge in [0.15, 0.2) is 6.23 Å². The van der Waals surface area contributed by atoms with Crippen molar-refractivity contribution in [2.45, 2.75) is 97.1 Å². The zero-order valence-corrected chi connectivity index (χ0v) is 13.0. The minimum atomic E-state index is -0.399. The Morgan fingerprint density at radius 1 is 0.895 bits per heavy atom. The van der Waals surface area contributed by atoms with Crippen LogP contribution in [-0.2, 0) is 9.53 Å². The first-order valence-electron chi connectivity index (χ1n) is 8.15. The Kier molecular flexibility index (Phi) is 13.4. The number of rotatable bonds is 13. The van der Waals surface area contributed by atoms with Gasteiger partial charge < -0.3 is 4.74 Å². The summed E-state index contributed by atoms with van der Waals surface area (Å²) in [6.07, 6.45) is 13.4. The van der Waals surface area contributed by atoms with E-state index in [0.717, 1.165) is 19.3 Å². The molecule has 0 heterocycles. The molecule has 1 atom stereocenters. The first-order chi connectivity index (χ1) is 9.20. The highest BCUT2D eigenvalue weighted by atomic mass is 16.6. The molecule has 0 spiro atoms. The number of carbonyl (C=O) groups excluding carboxylic acids is 1. The lowest BCUT2D eigenvalue weighted by molar-refractivity contribution is -0.149. The fourth-order valence-electron chi connectivity index (χ4n) is 2.15. The van der Waals surface area contributed by atoms with E-state index < -0.39 is 6.23 Å². The van der Waals surface area contributed by atoms with Crippen LogP contribution in [0.4, 0.5) is 0 Å². The van der Waals surface area contributed by atoms with Crippen LogP contribution < -0.4 is 5.73 Å². The number of carbonyl (C=O) groups is 1. The second kappa shape index (κ2) is 13.9. The van der Waals surface area contributed by atoms with Crippen LogP contribution in [0.25, 0.3) is 0 Å². The third-order valence-corrected chi connectivity index (χ3v) is 3.33. The molecule has 19 heavy (non-hydrogen) atoms. The van der Waals surface area contributed by atoms with E-state index in [0.29, 0.717) is 6.42 Å². The first kappa shape index (κ1) is 18.4.